The van der Waals surface area contributed by atoms with E-state index in [0.717, 1.165) is 55.0 Å². The van der Waals surface area contributed by atoms with Crippen molar-refractivity contribution in [1.82, 2.24) is 9.78 Å². The standard InChI is InChI=1S/C14H18N4O/c15-10-1-2-11-12(7-10)17-18-13(3-5-16-14(11)18)9-4-6-19-8-9/h1-2,7,9,13,16H,3-6,8,15H2. The van der Waals surface area contributed by atoms with Crippen LogP contribution < -0.4 is 11.1 Å². The summed E-state index contributed by atoms with van der Waals surface area (Å²) in [5.41, 5.74) is 7.60. The number of nitrogens with two attached hydrogens (primary N) is 1. The maximum atomic E-state index is 5.85. The lowest BCUT2D eigenvalue weighted by molar-refractivity contribution is 0.167. The van der Waals surface area contributed by atoms with Crippen LogP contribution >= 0.6 is 0 Å². The van der Waals surface area contributed by atoms with Gasteiger partial charge in [0.05, 0.1) is 18.2 Å². The van der Waals surface area contributed by atoms with E-state index in [1.165, 1.54) is 0 Å². The van der Waals surface area contributed by atoms with Crippen LogP contribution in [-0.2, 0) is 4.74 Å². The highest BCUT2D eigenvalue weighted by molar-refractivity contribution is 5.92. The SMILES string of the molecule is Nc1ccc2c3n(nc2c1)C(C1CCOC1)CCN3. The number of hydrogen-bond acceptors (Lipinski definition) is 4. The fourth-order valence-electron chi connectivity index (χ4n) is 3.29. The third-order valence-electron chi connectivity index (χ3n) is 4.28. The van der Waals surface area contributed by atoms with Crippen LogP contribution in [0.3, 0.4) is 0 Å². The van der Waals surface area contributed by atoms with Gasteiger partial charge in [-0.15, -0.1) is 0 Å². The highest BCUT2D eigenvalue weighted by Crippen LogP contribution is 2.37. The van der Waals surface area contributed by atoms with Crippen molar-refractivity contribution in [3.8, 4) is 0 Å². The Kier molecular flexibility index (Phi) is 2.41. The fourth-order valence-corrected chi connectivity index (χ4v) is 3.29. The largest absolute Gasteiger partial charge is 0.399 e. The van der Waals surface area contributed by atoms with Crippen LogP contribution in [0.4, 0.5) is 11.5 Å². The van der Waals surface area contributed by atoms with Crippen LogP contribution in [0.2, 0.25) is 0 Å². The minimum Gasteiger partial charge on any atom is -0.399 e. The van der Waals surface area contributed by atoms with Crippen LogP contribution in [0.1, 0.15) is 18.9 Å². The molecule has 0 bridgehead atoms. The van der Waals surface area contributed by atoms with E-state index in [1.54, 1.807) is 0 Å². The lowest BCUT2D eigenvalue weighted by Crippen LogP contribution is -2.29. The summed E-state index contributed by atoms with van der Waals surface area (Å²) in [7, 11) is 0. The summed E-state index contributed by atoms with van der Waals surface area (Å²) in [5.74, 6) is 1.73. The average molecular weight is 258 g/mol. The highest BCUT2D eigenvalue weighted by atomic mass is 16.5. The van der Waals surface area contributed by atoms with Crippen molar-refractivity contribution in [3.63, 3.8) is 0 Å². The van der Waals surface area contributed by atoms with Gasteiger partial charge in [0.25, 0.3) is 0 Å². The maximum Gasteiger partial charge on any atom is 0.132 e. The molecule has 3 N–H and O–H groups in total. The van der Waals surface area contributed by atoms with Gasteiger partial charge in [0.15, 0.2) is 0 Å². The molecule has 2 aliphatic heterocycles. The second kappa shape index (κ2) is 4.13. The zero-order valence-electron chi connectivity index (χ0n) is 10.8. The first kappa shape index (κ1) is 11.1. The quantitative estimate of drug-likeness (QED) is 0.768. The molecule has 0 spiro atoms. The van der Waals surface area contributed by atoms with Crippen molar-refractivity contribution in [1.29, 1.82) is 0 Å². The van der Waals surface area contributed by atoms with E-state index in [1.807, 2.05) is 12.1 Å². The molecule has 19 heavy (non-hydrogen) atoms. The minimum atomic E-state index is 0.451. The molecule has 2 aliphatic rings. The number of benzene rings is 1. The van der Waals surface area contributed by atoms with Gasteiger partial charge in [-0.1, -0.05) is 0 Å². The molecule has 5 heteroatoms. The molecular weight excluding hydrogens is 240 g/mol. The number of hydrogen-bond donors (Lipinski definition) is 2. The van der Waals surface area contributed by atoms with Crippen molar-refractivity contribution in [3.05, 3.63) is 18.2 Å². The number of nitrogen functional groups attached to an aromatic ring is 1. The second-order valence-corrected chi connectivity index (χ2v) is 5.48. The van der Waals surface area contributed by atoms with Crippen molar-refractivity contribution in [2.24, 2.45) is 5.92 Å². The molecule has 1 saturated heterocycles. The van der Waals surface area contributed by atoms with Crippen LogP contribution in [0, 0.1) is 5.92 Å². The Bertz CT molecular complexity index is 615. The zero-order valence-corrected chi connectivity index (χ0v) is 10.8. The minimum absolute atomic E-state index is 0.451. The monoisotopic (exact) mass is 258 g/mol. The van der Waals surface area contributed by atoms with Crippen molar-refractivity contribution < 1.29 is 4.74 Å². The summed E-state index contributed by atoms with van der Waals surface area (Å²) in [6.07, 6.45) is 2.26. The van der Waals surface area contributed by atoms with Crippen molar-refractivity contribution in [2.45, 2.75) is 18.9 Å². The normalized spacial score (nSPS) is 26.3. The Labute approximate surface area is 111 Å². The molecule has 2 unspecified atom stereocenters. The Hall–Kier alpha value is -1.75. The molecule has 1 aromatic heterocycles. The number of nitrogens with zero attached hydrogens (tertiary/aromatic N) is 2. The number of ether oxygens (including phenoxy) is 1. The Morgan fingerprint density at radius 3 is 3.16 bits per heavy atom. The van der Waals surface area contributed by atoms with Gasteiger partial charge in [-0.3, -0.25) is 0 Å². The van der Waals surface area contributed by atoms with Crippen LogP contribution in [0.15, 0.2) is 18.2 Å². The molecule has 0 amide bonds. The molecular formula is C14H18N4O. The van der Waals surface area contributed by atoms with Gasteiger partial charge in [0.1, 0.15) is 5.82 Å². The van der Waals surface area contributed by atoms with Crippen molar-refractivity contribution in [2.75, 3.05) is 30.8 Å². The first-order chi connectivity index (χ1) is 9.33. The molecule has 0 saturated carbocycles. The number of aromatic nitrogens is 2. The predicted molar refractivity (Wildman–Crippen MR) is 75.2 cm³/mol. The number of rotatable bonds is 1. The molecule has 0 radical (unpaired) electrons. The number of fused-ring (bicyclic) bond motifs is 3. The predicted octanol–water partition coefficient (Wildman–Crippen LogP) is 2.01. The highest BCUT2D eigenvalue weighted by Gasteiger charge is 2.32. The fraction of sp³-hybridized carbons (Fsp3) is 0.500. The molecule has 1 aromatic carbocycles. The van der Waals surface area contributed by atoms with E-state index in [-0.39, 0.29) is 0 Å². The maximum absolute atomic E-state index is 5.85. The van der Waals surface area contributed by atoms with E-state index in [2.05, 4.69) is 16.1 Å². The summed E-state index contributed by atoms with van der Waals surface area (Å²) in [4.78, 5) is 0. The van der Waals surface area contributed by atoms with E-state index < -0.39 is 0 Å². The molecule has 1 fully saturated rings. The van der Waals surface area contributed by atoms with Gasteiger partial charge < -0.3 is 15.8 Å². The zero-order chi connectivity index (χ0) is 12.8. The molecule has 3 heterocycles. The first-order valence-corrected chi connectivity index (χ1v) is 6.92. The topological polar surface area (TPSA) is 65.1 Å². The molecule has 0 aliphatic carbocycles. The van der Waals surface area contributed by atoms with Crippen LogP contribution in [0.25, 0.3) is 10.9 Å². The van der Waals surface area contributed by atoms with Crippen molar-refractivity contribution >= 4 is 22.4 Å². The Morgan fingerprint density at radius 2 is 2.32 bits per heavy atom. The van der Waals surface area contributed by atoms with Gasteiger partial charge in [-0.25, -0.2) is 4.68 Å². The number of nitrogens with one attached hydrogen (secondary N) is 1. The Morgan fingerprint density at radius 1 is 1.37 bits per heavy atom. The van der Waals surface area contributed by atoms with Gasteiger partial charge >= 0.3 is 0 Å². The van der Waals surface area contributed by atoms with Gasteiger partial charge in [-0.05, 0) is 31.0 Å². The molecule has 5 nitrogen and oxygen atoms in total. The molecule has 4 rings (SSSR count). The third-order valence-corrected chi connectivity index (χ3v) is 4.28. The Balaban J connectivity index is 1.83. The average Bonchev–Trinajstić information content (AvgIpc) is 3.04. The van der Waals surface area contributed by atoms with E-state index >= 15 is 0 Å². The molecule has 100 valence electrons. The smallest absolute Gasteiger partial charge is 0.132 e. The molecule has 2 aromatic rings. The summed E-state index contributed by atoms with van der Waals surface area (Å²) >= 11 is 0. The summed E-state index contributed by atoms with van der Waals surface area (Å²) in [6, 6.07) is 6.40. The second-order valence-electron chi connectivity index (χ2n) is 5.48. The van der Waals surface area contributed by atoms with Crippen LogP contribution in [0.5, 0.6) is 0 Å². The lowest BCUT2D eigenvalue weighted by Gasteiger charge is -2.29. The summed E-state index contributed by atoms with van der Waals surface area (Å²) < 4.78 is 7.70. The van der Waals surface area contributed by atoms with E-state index in [0.29, 0.717) is 12.0 Å². The lowest BCUT2D eigenvalue weighted by atomic mass is 9.95. The van der Waals surface area contributed by atoms with Gasteiger partial charge in [0.2, 0.25) is 0 Å². The first-order valence-electron chi connectivity index (χ1n) is 6.92. The van der Waals surface area contributed by atoms with Gasteiger partial charge in [0, 0.05) is 30.1 Å². The summed E-state index contributed by atoms with van der Waals surface area (Å²) in [6.45, 7) is 2.76. The summed E-state index contributed by atoms with van der Waals surface area (Å²) in [5, 5.41) is 9.40. The third kappa shape index (κ3) is 1.69. The van der Waals surface area contributed by atoms with E-state index in [4.69, 9.17) is 15.6 Å². The molecule has 2 atom stereocenters. The van der Waals surface area contributed by atoms with E-state index in [9.17, 15) is 0 Å². The number of anilines is 2. The van der Waals surface area contributed by atoms with Gasteiger partial charge in [-0.2, -0.15) is 5.10 Å². The van der Waals surface area contributed by atoms with Crippen LogP contribution in [-0.4, -0.2) is 29.5 Å².